The third kappa shape index (κ3) is 3.93. The summed E-state index contributed by atoms with van der Waals surface area (Å²) >= 11 is 5.19. The van der Waals surface area contributed by atoms with Gasteiger partial charge in [0.2, 0.25) is 11.8 Å². The van der Waals surface area contributed by atoms with Crippen molar-refractivity contribution in [3.05, 3.63) is 18.3 Å². The molecular weight excluding hydrogens is 249 g/mol. The molecule has 1 amide bonds. The smallest absolute Gasteiger partial charge is 0.386 e. The van der Waals surface area contributed by atoms with Crippen molar-refractivity contribution >= 4 is 23.2 Å². The van der Waals surface area contributed by atoms with Crippen molar-refractivity contribution in [3.8, 4) is 5.88 Å². The number of anilines is 1. The lowest BCUT2D eigenvalue weighted by Gasteiger charge is -2.11. The van der Waals surface area contributed by atoms with Crippen molar-refractivity contribution in [3.63, 3.8) is 0 Å². The van der Waals surface area contributed by atoms with Gasteiger partial charge in [0.15, 0.2) is 0 Å². The van der Waals surface area contributed by atoms with E-state index in [1.165, 1.54) is 12.1 Å². The van der Waals surface area contributed by atoms with Crippen molar-refractivity contribution < 1.29 is 22.7 Å². The molecule has 1 N–H and O–H groups in total. The van der Waals surface area contributed by atoms with Crippen LogP contribution in [0.3, 0.4) is 0 Å². The number of nitrogens with zero attached hydrogens (tertiary/aromatic N) is 1. The van der Waals surface area contributed by atoms with Crippen molar-refractivity contribution in [1.29, 1.82) is 0 Å². The molecule has 1 rings (SSSR count). The van der Waals surface area contributed by atoms with Crippen molar-refractivity contribution in [1.82, 2.24) is 4.98 Å². The van der Waals surface area contributed by atoms with Crippen LogP contribution >= 0.6 is 11.6 Å². The molecular formula is C8H6ClF3N2O2. The van der Waals surface area contributed by atoms with Gasteiger partial charge in [-0.15, -0.1) is 24.8 Å². The Kier molecular flexibility index (Phi) is 3.94. The quantitative estimate of drug-likeness (QED) is 0.841. The van der Waals surface area contributed by atoms with E-state index in [-0.39, 0.29) is 11.6 Å². The lowest BCUT2D eigenvalue weighted by molar-refractivity contribution is -0.275. The van der Waals surface area contributed by atoms with Gasteiger partial charge < -0.3 is 10.1 Å². The minimum atomic E-state index is -4.87. The molecule has 4 nitrogen and oxygen atoms in total. The second-order valence-electron chi connectivity index (χ2n) is 2.59. The van der Waals surface area contributed by atoms with Crippen LogP contribution in [-0.2, 0) is 4.79 Å². The summed E-state index contributed by atoms with van der Waals surface area (Å²) in [6, 6.07) is 2.58. The van der Waals surface area contributed by atoms with E-state index in [2.05, 4.69) is 15.0 Å². The number of ether oxygens (including phenoxy) is 1. The maximum atomic E-state index is 11.9. The van der Waals surface area contributed by atoms with E-state index in [0.29, 0.717) is 0 Å². The summed E-state index contributed by atoms with van der Waals surface area (Å²) in [5.41, 5.74) is -0.189. The molecule has 0 atom stereocenters. The van der Waals surface area contributed by atoms with E-state index < -0.39 is 18.1 Å². The Hall–Kier alpha value is -1.50. The number of halogens is 4. The lowest BCUT2D eigenvalue weighted by atomic mass is 10.4. The zero-order valence-electron chi connectivity index (χ0n) is 7.71. The molecule has 1 aromatic heterocycles. The molecule has 0 saturated carbocycles. The molecule has 0 aliphatic carbocycles. The molecule has 0 bridgehead atoms. The Balaban J connectivity index is 2.87. The summed E-state index contributed by atoms with van der Waals surface area (Å²) in [6.45, 7) is 0. The number of amides is 1. The zero-order valence-corrected chi connectivity index (χ0v) is 8.47. The average molecular weight is 255 g/mol. The molecule has 0 aliphatic rings. The van der Waals surface area contributed by atoms with E-state index >= 15 is 0 Å². The molecule has 0 radical (unpaired) electrons. The fraction of sp³-hybridized carbons (Fsp3) is 0.250. The Labute approximate surface area is 93.4 Å². The molecule has 88 valence electrons. The Morgan fingerprint density at radius 1 is 1.56 bits per heavy atom. The highest BCUT2D eigenvalue weighted by Crippen LogP contribution is 2.27. The normalized spacial score (nSPS) is 11.0. The molecule has 0 unspecified atom stereocenters. The monoisotopic (exact) mass is 254 g/mol. The number of carbonyl (C=O) groups excluding carboxylic acids is 1. The molecule has 0 saturated heterocycles. The molecule has 1 heterocycles. The largest absolute Gasteiger partial charge is 0.574 e. The van der Waals surface area contributed by atoms with E-state index in [9.17, 15) is 18.0 Å². The SMILES string of the molecule is O=C(CCl)Nc1cccnc1OC(F)(F)F. The van der Waals surface area contributed by atoms with Crippen LogP contribution in [0.1, 0.15) is 0 Å². The molecule has 0 aromatic carbocycles. The van der Waals surface area contributed by atoms with Crippen molar-refractivity contribution in [2.75, 3.05) is 11.2 Å². The Morgan fingerprint density at radius 3 is 2.81 bits per heavy atom. The predicted octanol–water partition coefficient (Wildman–Crippen LogP) is 2.16. The van der Waals surface area contributed by atoms with Gasteiger partial charge in [0.25, 0.3) is 0 Å². The Morgan fingerprint density at radius 2 is 2.25 bits per heavy atom. The topological polar surface area (TPSA) is 51.2 Å². The summed E-state index contributed by atoms with van der Waals surface area (Å²) < 4.78 is 39.4. The van der Waals surface area contributed by atoms with Crippen LogP contribution in [0.2, 0.25) is 0 Å². The van der Waals surface area contributed by atoms with Crippen LogP contribution < -0.4 is 10.1 Å². The summed E-state index contributed by atoms with van der Waals surface area (Å²) in [6.07, 6.45) is -3.76. The standard InChI is InChI=1S/C8H6ClF3N2O2/c9-4-6(15)14-5-2-1-3-13-7(5)16-8(10,11)12/h1-3H,4H2,(H,14,15). The summed E-state index contributed by atoms with van der Waals surface area (Å²) in [5, 5.41) is 2.12. The zero-order chi connectivity index (χ0) is 12.2. The fourth-order valence-electron chi connectivity index (χ4n) is 0.861. The number of hydrogen-bond donors (Lipinski definition) is 1. The van der Waals surface area contributed by atoms with Gasteiger partial charge in [-0.1, -0.05) is 0 Å². The van der Waals surface area contributed by atoms with Gasteiger partial charge in [-0.05, 0) is 12.1 Å². The molecule has 1 aromatic rings. The number of hydrogen-bond acceptors (Lipinski definition) is 3. The summed E-state index contributed by atoms with van der Waals surface area (Å²) in [5.74, 6) is -1.75. The van der Waals surface area contributed by atoms with Crippen LogP contribution in [0.25, 0.3) is 0 Å². The minimum Gasteiger partial charge on any atom is -0.386 e. The fourth-order valence-corrected chi connectivity index (χ4v) is 0.927. The summed E-state index contributed by atoms with van der Waals surface area (Å²) in [4.78, 5) is 14.2. The molecule has 0 fully saturated rings. The van der Waals surface area contributed by atoms with Crippen LogP contribution in [0.15, 0.2) is 18.3 Å². The number of carbonyl (C=O) groups is 1. The van der Waals surface area contributed by atoms with Gasteiger partial charge in [-0.2, -0.15) is 0 Å². The first kappa shape index (κ1) is 12.6. The van der Waals surface area contributed by atoms with E-state index in [0.717, 1.165) is 6.20 Å². The first-order chi connectivity index (χ1) is 7.42. The lowest BCUT2D eigenvalue weighted by Crippen LogP contribution is -2.20. The van der Waals surface area contributed by atoms with E-state index in [1.807, 2.05) is 0 Å². The number of aromatic nitrogens is 1. The van der Waals surface area contributed by atoms with Crippen LogP contribution in [-0.4, -0.2) is 23.1 Å². The highest BCUT2D eigenvalue weighted by molar-refractivity contribution is 6.29. The number of alkyl halides is 4. The number of nitrogens with one attached hydrogen (secondary N) is 1. The van der Waals surface area contributed by atoms with Gasteiger partial charge in [0.1, 0.15) is 11.6 Å². The second kappa shape index (κ2) is 5.02. The van der Waals surface area contributed by atoms with Crippen molar-refractivity contribution in [2.45, 2.75) is 6.36 Å². The molecule has 0 aliphatic heterocycles. The van der Waals surface area contributed by atoms with Crippen LogP contribution in [0, 0.1) is 0 Å². The van der Waals surface area contributed by atoms with E-state index in [1.54, 1.807) is 0 Å². The number of rotatable bonds is 3. The molecule has 8 heteroatoms. The average Bonchev–Trinajstić information content (AvgIpc) is 2.18. The first-order valence-corrected chi connectivity index (χ1v) is 4.52. The number of pyridine rings is 1. The first-order valence-electron chi connectivity index (χ1n) is 3.99. The maximum absolute atomic E-state index is 11.9. The summed E-state index contributed by atoms with van der Waals surface area (Å²) in [7, 11) is 0. The van der Waals surface area contributed by atoms with Gasteiger partial charge in [0.05, 0.1) is 0 Å². The maximum Gasteiger partial charge on any atom is 0.574 e. The predicted molar refractivity (Wildman–Crippen MR) is 50.3 cm³/mol. The highest BCUT2D eigenvalue weighted by atomic mass is 35.5. The van der Waals surface area contributed by atoms with Gasteiger partial charge in [0, 0.05) is 6.20 Å². The minimum absolute atomic E-state index is 0.189. The third-order valence-corrected chi connectivity index (χ3v) is 1.62. The highest BCUT2D eigenvalue weighted by Gasteiger charge is 2.33. The van der Waals surface area contributed by atoms with Crippen LogP contribution in [0.5, 0.6) is 5.88 Å². The Bertz CT molecular complexity index is 384. The molecule has 0 spiro atoms. The second-order valence-corrected chi connectivity index (χ2v) is 2.85. The van der Waals surface area contributed by atoms with Gasteiger partial charge in [-0.25, -0.2) is 4.98 Å². The van der Waals surface area contributed by atoms with Crippen LogP contribution in [0.4, 0.5) is 18.9 Å². The van der Waals surface area contributed by atoms with E-state index in [4.69, 9.17) is 11.6 Å². The third-order valence-electron chi connectivity index (χ3n) is 1.38. The molecule has 16 heavy (non-hydrogen) atoms. The van der Waals surface area contributed by atoms with Gasteiger partial charge in [-0.3, -0.25) is 4.79 Å². The van der Waals surface area contributed by atoms with Crippen molar-refractivity contribution in [2.24, 2.45) is 0 Å². The van der Waals surface area contributed by atoms with Gasteiger partial charge >= 0.3 is 6.36 Å².